The summed E-state index contributed by atoms with van der Waals surface area (Å²) in [7, 11) is 0. The monoisotopic (exact) mass is 255 g/mol. The number of hydrogen-bond acceptors (Lipinski definition) is 3. The van der Waals surface area contributed by atoms with E-state index in [1.807, 2.05) is 0 Å². The first-order chi connectivity index (χ1) is 8.45. The van der Waals surface area contributed by atoms with Gasteiger partial charge >= 0.3 is 5.97 Å². The average Bonchev–Trinajstić information content (AvgIpc) is 2.28. The van der Waals surface area contributed by atoms with Crippen molar-refractivity contribution in [2.75, 3.05) is 11.9 Å². The molecule has 0 saturated carbocycles. The number of ether oxygens (including phenoxy) is 1. The number of anilines is 1. The molecule has 0 saturated heterocycles. The maximum absolute atomic E-state index is 13.6. The second kappa shape index (κ2) is 6.23. The summed E-state index contributed by atoms with van der Waals surface area (Å²) >= 11 is 0. The minimum Gasteiger partial charge on any atom is -0.491 e. The molecule has 0 heterocycles. The van der Waals surface area contributed by atoms with Gasteiger partial charge in [0.15, 0.2) is 11.6 Å². The van der Waals surface area contributed by atoms with Crippen LogP contribution in [0.1, 0.15) is 20.8 Å². The summed E-state index contributed by atoms with van der Waals surface area (Å²) < 4.78 is 18.6. The van der Waals surface area contributed by atoms with Gasteiger partial charge in [-0.15, -0.1) is 0 Å². The Hall–Kier alpha value is -1.78. The van der Waals surface area contributed by atoms with Crippen molar-refractivity contribution in [1.29, 1.82) is 0 Å². The number of carboxylic acids is 1. The number of hydrogen-bond donors (Lipinski definition) is 2. The Kier molecular flexibility index (Phi) is 4.95. The summed E-state index contributed by atoms with van der Waals surface area (Å²) in [5.74, 6) is -1.40. The zero-order valence-corrected chi connectivity index (χ0v) is 10.7. The third kappa shape index (κ3) is 3.61. The molecule has 100 valence electrons. The first kappa shape index (κ1) is 14.3. The van der Waals surface area contributed by atoms with Gasteiger partial charge in [-0.25, -0.2) is 9.18 Å². The van der Waals surface area contributed by atoms with Crippen LogP contribution >= 0.6 is 0 Å². The van der Waals surface area contributed by atoms with Crippen molar-refractivity contribution < 1.29 is 19.0 Å². The molecule has 0 spiro atoms. The van der Waals surface area contributed by atoms with Gasteiger partial charge in [0.1, 0.15) is 6.04 Å². The molecule has 1 unspecified atom stereocenters. The predicted octanol–water partition coefficient (Wildman–Crippen LogP) is 2.75. The van der Waals surface area contributed by atoms with Crippen LogP contribution in [0.25, 0.3) is 0 Å². The lowest BCUT2D eigenvalue weighted by Crippen LogP contribution is -2.34. The molecule has 5 heteroatoms. The summed E-state index contributed by atoms with van der Waals surface area (Å²) in [5.41, 5.74) is 0.428. The van der Waals surface area contributed by atoms with Crippen LogP contribution < -0.4 is 10.1 Å². The zero-order chi connectivity index (χ0) is 13.7. The van der Waals surface area contributed by atoms with Gasteiger partial charge in [0.25, 0.3) is 0 Å². The first-order valence-corrected chi connectivity index (χ1v) is 5.87. The Bertz CT molecular complexity index is 421. The highest BCUT2D eigenvalue weighted by molar-refractivity contribution is 5.77. The maximum atomic E-state index is 13.6. The van der Waals surface area contributed by atoms with Crippen molar-refractivity contribution >= 4 is 11.7 Å². The molecule has 1 aromatic carbocycles. The average molecular weight is 255 g/mol. The third-order valence-corrected chi connectivity index (χ3v) is 2.49. The van der Waals surface area contributed by atoms with E-state index in [4.69, 9.17) is 9.84 Å². The van der Waals surface area contributed by atoms with E-state index in [1.54, 1.807) is 26.8 Å². The van der Waals surface area contributed by atoms with Gasteiger partial charge in [0.2, 0.25) is 0 Å². The van der Waals surface area contributed by atoms with Gasteiger partial charge in [-0.1, -0.05) is 13.8 Å². The number of aliphatic carboxylic acids is 1. The summed E-state index contributed by atoms with van der Waals surface area (Å²) in [6.07, 6.45) is 0. The molecule has 4 nitrogen and oxygen atoms in total. The third-order valence-electron chi connectivity index (χ3n) is 2.49. The fourth-order valence-electron chi connectivity index (χ4n) is 1.56. The molecular formula is C13H18FNO3. The van der Waals surface area contributed by atoms with Gasteiger partial charge in [0, 0.05) is 11.8 Å². The number of carbonyl (C=O) groups is 1. The molecule has 1 aromatic rings. The van der Waals surface area contributed by atoms with Crippen molar-refractivity contribution in [3.8, 4) is 5.75 Å². The van der Waals surface area contributed by atoms with Crippen molar-refractivity contribution in [1.82, 2.24) is 0 Å². The molecule has 0 aliphatic rings. The van der Waals surface area contributed by atoms with Crippen molar-refractivity contribution in [2.45, 2.75) is 26.8 Å². The molecule has 0 aliphatic heterocycles. The standard InChI is InChI=1S/C13H18FNO3/c1-4-18-11-6-5-9(7-10(11)14)15-12(8(2)3)13(16)17/h5-8,12,15H,4H2,1-3H3,(H,16,17). The van der Waals surface area contributed by atoms with Gasteiger partial charge in [-0.3, -0.25) is 0 Å². The fraction of sp³-hybridized carbons (Fsp3) is 0.462. The van der Waals surface area contributed by atoms with Gasteiger partial charge in [0.05, 0.1) is 6.61 Å². The fourth-order valence-corrected chi connectivity index (χ4v) is 1.56. The molecule has 18 heavy (non-hydrogen) atoms. The zero-order valence-electron chi connectivity index (χ0n) is 10.7. The van der Waals surface area contributed by atoms with Gasteiger partial charge < -0.3 is 15.2 Å². The van der Waals surface area contributed by atoms with Crippen LogP contribution in [-0.4, -0.2) is 23.7 Å². The summed E-state index contributed by atoms with van der Waals surface area (Å²) in [4.78, 5) is 11.0. The lowest BCUT2D eigenvalue weighted by Gasteiger charge is -2.19. The van der Waals surface area contributed by atoms with E-state index in [2.05, 4.69) is 5.32 Å². The number of nitrogens with one attached hydrogen (secondary N) is 1. The van der Waals surface area contributed by atoms with Crippen LogP contribution in [0.3, 0.4) is 0 Å². The van der Waals surface area contributed by atoms with Crippen LogP contribution in [-0.2, 0) is 4.79 Å². The summed E-state index contributed by atoms with van der Waals surface area (Å²) in [6.45, 7) is 5.73. The van der Waals surface area contributed by atoms with E-state index in [0.29, 0.717) is 12.3 Å². The molecule has 2 N–H and O–H groups in total. The molecule has 0 radical (unpaired) electrons. The van der Waals surface area contributed by atoms with Crippen LogP contribution in [0, 0.1) is 11.7 Å². The van der Waals surface area contributed by atoms with E-state index < -0.39 is 17.8 Å². The van der Waals surface area contributed by atoms with E-state index in [1.165, 1.54) is 12.1 Å². The predicted molar refractivity (Wildman–Crippen MR) is 67.5 cm³/mol. The van der Waals surface area contributed by atoms with Crippen LogP contribution in [0.2, 0.25) is 0 Å². The van der Waals surface area contributed by atoms with E-state index in [0.717, 1.165) is 0 Å². The Morgan fingerprint density at radius 2 is 2.17 bits per heavy atom. The Labute approximate surface area is 106 Å². The second-order valence-corrected chi connectivity index (χ2v) is 4.28. The van der Waals surface area contributed by atoms with Crippen LogP contribution in [0.15, 0.2) is 18.2 Å². The highest BCUT2D eigenvalue weighted by Gasteiger charge is 2.21. The highest BCUT2D eigenvalue weighted by Crippen LogP contribution is 2.22. The quantitative estimate of drug-likeness (QED) is 0.820. The molecule has 0 fully saturated rings. The second-order valence-electron chi connectivity index (χ2n) is 4.28. The van der Waals surface area contributed by atoms with E-state index in [9.17, 15) is 9.18 Å². The lowest BCUT2D eigenvalue weighted by atomic mass is 10.0. The molecule has 1 rings (SSSR count). The molecule has 0 amide bonds. The van der Waals surface area contributed by atoms with E-state index in [-0.39, 0.29) is 11.7 Å². The molecule has 0 aromatic heterocycles. The topological polar surface area (TPSA) is 58.6 Å². The molecular weight excluding hydrogens is 237 g/mol. The van der Waals surface area contributed by atoms with Gasteiger partial charge in [-0.2, -0.15) is 0 Å². The number of halogens is 1. The maximum Gasteiger partial charge on any atom is 0.326 e. The Morgan fingerprint density at radius 3 is 2.61 bits per heavy atom. The Balaban J connectivity index is 2.84. The van der Waals surface area contributed by atoms with E-state index >= 15 is 0 Å². The first-order valence-electron chi connectivity index (χ1n) is 5.87. The normalized spacial score (nSPS) is 12.3. The molecule has 0 aliphatic carbocycles. The summed E-state index contributed by atoms with van der Waals surface area (Å²) in [5, 5.41) is 11.8. The highest BCUT2D eigenvalue weighted by atomic mass is 19.1. The minimum absolute atomic E-state index is 0.0999. The number of benzene rings is 1. The number of carboxylic acid groups (broad SMARTS) is 1. The largest absolute Gasteiger partial charge is 0.491 e. The number of rotatable bonds is 6. The molecule has 0 bridgehead atoms. The van der Waals surface area contributed by atoms with Crippen molar-refractivity contribution in [3.63, 3.8) is 0 Å². The van der Waals surface area contributed by atoms with Crippen LogP contribution in [0.4, 0.5) is 10.1 Å². The molecule has 1 atom stereocenters. The van der Waals surface area contributed by atoms with Crippen molar-refractivity contribution in [3.05, 3.63) is 24.0 Å². The summed E-state index contributed by atoms with van der Waals surface area (Å²) in [6, 6.07) is 3.58. The minimum atomic E-state index is -0.959. The SMILES string of the molecule is CCOc1ccc(NC(C(=O)O)C(C)C)cc1F. The smallest absolute Gasteiger partial charge is 0.326 e. The lowest BCUT2D eigenvalue weighted by molar-refractivity contribution is -0.138. The van der Waals surface area contributed by atoms with Crippen LogP contribution in [0.5, 0.6) is 5.75 Å². The van der Waals surface area contributed by atoms with Gasteiger partial charge in [-0.05, 0) is 25.0 Å². The van der Waals surface area contributed by atoms with Crippen molar-refractivity contribution in [2.24, 2.45) is 5.92 Å². The Morgan fingerprint density at radius 1 is 1.50 bits per heavy atom.